The Balaban J connectivity index is 2.03. The van der Waals surface area contributed by atoms with E-state index in [-0.39, 0.29) is 12.4 Å². The lowest BCUT2D eigenvalue weighted by atomic mass is 10.4. The monoisotopic (exact) mass is 247 g/mol. The van der Waals surface area contributed by atoms with Crippen molar-refractivity contribution in [1.29, 1.82) is 0 Å². The second kappa shape index (κ2) is 4.07. The Kier molecular flexibility index (Phi) is 2.74. The Morgan fingerprint density at radius 2 is 2.18 bits per heavy atom. The Morgan fingerprint density at radius 3 is 2.76 bits per heavy atom. The molecule has 2 aromatic heterocycles. The van der Waals surface area contributed by atoms with Gasteiger partial charge in [-0.1, -0.05) is 5.16 Å². The summed E-state index contributed by atoms with van der Waals surface area (Å²) in [7, 11) is 0. The van der Waals surface area contributed by atoms with Gasteiger partial charge in [0.25, 0.3) is 0 Å². The molecule has 6 nitrogen and oxygen atoms in total. The number of nitrogens with zero attached hydrogens (tertiary/aromatic N) is 4. The van der Waals surface area contributed by atoms with Gasteiger partial charge in [-0.25, -0.2) is 0 Å². The molecule has 0 spiro atoms. The van der Waals surface area contributed by atoms with E-state index in [4.69, 9.17) is 5.73 Å². The Hall–Kier alpha value is -2.06. The molecule has 0 aromatic carbocycles. The first-order valence-electron chi connectivity index (χ1n) is 4.58. The molecule has 2 heterocycles. The van der Waals surface area contributed by atoms with E-state index in [0.717, 1.165) is 0 Å². The van der Waals surface area contributed by atoms with Crippen molar-refractivity contribution in [3.8, 4) is 0 Å². The SMILES string of the molecule is Nc1cnn(Cc2nc(CC(F)(F)F)no2)c1. The number of rotatable bonds is 3. The molecule has 0 bridgehead atoms. The highest BCUT2D eigenvalue weighted by Crippen LogP contribution is 2.19. The van der Waals surface area contributed by atoms with Gasteiger partial charge in [-0.15, -0.1) is 0 Å². The van der Waals surface area contributed by atoms with Crippen molar-refractivity contribution in [2.45, 2.75) is 19.1 Å². The van der Waals surface area contributed by atoms with Gasteiger partial charge in [-0.05, 0) is 0 Å². The van der Waals surface area contributed by atoms with Gasteiger partial charge in [-0.3, -0.25) is 4.68 Å². The first-order chi connectivity index (χ1) is 7.92. The van der Waals surface area contributed by atoms with E-state index < -0.39 is 18.4 Å². The Bertz CT molecular complexity index is 503. The normalized spacial score (nSPS) is 11.9. The van der Waals surface area contributed by atoms with Crippen LogP contribution in [0.2, 0.25) is 0 Å². The van der Waals surface area contributed by atoms with Crippen LogP contribution < -0.4 is 5.73 Å². The van der Waals surface area contributed by atoms with Crippen LogP contribution in [0.4, 0.5) is 18.9 Å². The first kappa shape index (κ1) is 11.4. The van der Waals surface area contributed by atoms with Gasteiger partial charge in [0.05, 0.1) is 11.9 Å². The molecule has 2 rings (SSSR count). The maximum atomic E-state index is 12.0. The van der Waals surface area contributed by atoms with E-state index in [1.807, 2.05) is 0 Å². The number of hydrogen-bond acceptors (Lipinski definition) is 5. The molecule has 2 N–H and O–H groups in total. The quantitative estimate of drug-likeness (QED) is 0.874. The summed E-state index contributed by atoms with van der Waals surface area (Å²) in [5, 5.41) is 7.06. The van der Waals surface area contributed by atoms with Gasteiger partial charge in [0.1, 0.15) is 13.0 Å². The minimum absolute atomic E-state index is 0.0485. The average molecular weight is 247 g/mol. The molecule has 0 unspecified atom stereocenters. The van der Waals surface area contributed by atoms with Crippen molar-refractivity contribution in [3.63, 3.8) is 0 Å². The van der Waals surface area contributed by atoms with Crippen molar-refractivity contribution in [2.75, 3.05) is 5.73 Å². The molecule has 17 heavy (non-hydrogen) atoms. The summed E-state index contributed by atoms with van der Waals surface area (Å²) in [5.74, 6) is -0.347. The lowest BCUT2D eigenvalue weighted by Gasteiger charge is -1.99. The van der Waals surface area contributed by atoms with Crippen molar-refractivity contribution >= 4 is 5.69 Å². The van der Waals surface area contributed by atoms with Crippen LogP contribution in [0.25, 0.3) is 0 Å². The molecule has 0 aliphatic carbocycles. The molecular weight excluding hydrogens is 239 g/mol. The summed E-state index contributed by atoms with van der Waals surface area (Å²) >= 11 is 0. The predicted octanol–water partition coefficient (Wildman–Crippen LogP) is 1.00. The minimum Gasteiger partial charge on any atom is -0.396 e. The number of alkyl halides is 3. The number of halogens is 3. The van der Waals surface area contributed by atoms with E-state index >= 15 is 0 Å². The molecule has 0 fully saturated rings. The van der Waals surface area contributed by atoms with Crippen LogP contribution in [0.3, 0.4) is 0 Å². The molecule has 0 aliphatic rings. The minimum atomic E-state index is -4.35. The molecule has 0 atom stereocenters. The highest BCUT2D eigenvalue weighted by atomic mass is 19.4. The van der Waals surface area contributed by atoms with E-state index in [1.54, 1.807) is 0 Å². The van der Waals surface area contributed by atoms with E-state index in [9.17, 15) is 13.2 Å². The predicted molar refractivity (Wildman–Crippen MR) is 49.8 cm³/mol. The van der Waals surface area contributed by atoms with Crippen LogP contribution in [0.1, 0.15) is 11.7 Å². The van der Waals surface area contributed by atoms with Crippen molar-refractivity contribution in [1.82, 2.24) is 19.9 Å². The van der Waals surface area contributed by atoms with Crippen LogP contribution in [-0.4, -0.2) is 26.1 Å². The zero-order chi connectivity index (χ0) is 12.5. The second-order valence-electron chi connectivity index (χ2n) is 3.37. The second-order valence-corrected chi connectivity index (χ2v) is 3.37. The average Bonchev–Trinajstić information content (AvgIpc) is 2.74. The molecular formula is C8H8F3N5O. The first-order valence-corrected chi connectivity index (χ1v) is 4.58. The zero-order valence-electron chi connectivity index (χ0n) is 8.48. The Morgan fingerprint density at radius 1 is 1.41 bits per heavy atom. The van der Waals surface area contributed by atoms with Crippen molar-refractivity contribution in [2.24, 2.45) is 0 Å². The number of anilines is 1. The molecule has 0 saturated heterocycles. The molecule has 0 amide bonds. The number of aromatic nitrogens is 4. The van der Waals surface area contributed by atoms with E-state index in [1.165, 1.54) is 17.1 Å². The van der Waals surface area contributed by atoms with Crippen LogP contribution in [0.5, 0.6) is 0 Å². The van der Waals surface area contributed by atoms with Crippen LogP contribution in [0, 0.1) is 0 Å². The van der Waals surface area contributed by atoms with Gasteiger partial charge >= 0.3 is 6.18 Å². The van der Waals surface area contributed by atoms with Gasteiger partial charge in [0, 0.05) is 6.20 Å². The fourth-order valence-electron chi connectivity index (χ4n) is 1.21. The van der Waals surface area contributed by atoms with Crippen LogP contribution in [0.15, 0.2) is 16.9 Å². The molecule has 9 heteroatoms. The third-order valence-electron chi connectivity index (χ3n) is 1.82. The molecule has 2 aromatic rings. The lowest BCUT2D eigenvalue weighted by Crippen LogP contribution is -2.12. The molecule has 0 aliphatic heterocycles. The van der Waals surface area contributed by atoms with E-state index in [0.29, 0.717) is 5.69 Å². The number of nitrogen functional groups attached to an aromatic ring is 1. The highest BCUT2D eigenvalue weighted by Gasteiger charge is 2.30. The third-order valence-corrected chi connectivity index (χ3v) is 1.82. The fourth-order valence-corrected chi connectivity index (χ4v) is 1.21. The molecule has 0 radical (unpaired) electrons. The standard InChI is InChI=1S/C8H8F3N5O/c9-8(10,11)1-6-14-7(17-15-6)4-16-3-5(12)2-13-16/h2-3H,1,4,12H2. The highest BCUT2D eigenvalue weighted by molar-refractivity contribution is 5.30. The number of nitrogens with two attached hydrogens (primary N) is 1. The van der Waals surface area contributed by atoms with Crippen molar-refractivity contribution < 1.29 is 17.7 Å². The number of hydrogen-bond donors (Lipinski definition) is 1. The fraction of sp³-hybridized carbons (Fsp3) is 0.375. The van der Waals surface area contributed by atoms with Gasteiger partial charge < -0.3 is 10.3 Å². The van der Waals surface area contributed by atoms with Gasteiger partial charge in [0.15, 0.2) is 5.82 Å². The topological polar surface area (TPSA) is 82.8 Å². The maximum Gasteiger partial charge on any atom is 0.396 e. The van der Waals surface area contributed by atoms with Crippen molar-refractivity contribution in [3.05, 3.63) is 24.1 Å². The summed E-state index contributed by atoms with van der Waals surface area (Å²) < 4.78 is 42.1. The summed E-state index contributed by atoms with van der Waals surface area (Å²) in [6.45, 7) is 0.0854. The van der Waals surface area contributed by atoms with Gasteiger partial charge in [0.2, 0.25) is 5.89 Å². The van der Waals surface area contributed by atoms with E-state index in [2.05, 4.69) is 19.8 Å². The molecule has 0 saturated carbocycles. The summed E-state index contributed by atoms with van der Waals surface area (Å²) in [5.41, 5.74) is 5.87. The zero-order valence-corrected chi connectivity index (χ0v) is 8.48. The van der Waals surface area contributed by atoms with Gasteiger partial charge in [-0.2, -0.15) is 23.3 Å². The molecule has 92 valence electrons. The lowest BCUT2D eigenvalue weighted by molar-refractivity contribution is -0.128. The largest absolute Gasteiger partial charge is 0.396 e. The third kappa shape index (κ3) is 3.20. The summed E-state index contributed by atoms with van der Waals surface area (Å²) in [6, 6.07) is 0. The Labute approximate surface area is 93.2 Å². The summed E-state index contributed by atoms with van der Waals surface area (Å²) in [6.07, 6.45) is -2.64. The summed E-state index contributed by atoms with van der Waals surface area (Å²) in [4.78, 5) is 3.60. The van der Waals surface area contributed by atoms with Crippen LogP contribution >= 0.6 is 0 Å². The van der Waals surface area contributed by atoms with Crippen LogP contribution in [-0.2, 0) is 13.0 Å². The maximum absolute atomic E-state index is 12.0. The smallest absolute Gasteiger partial charge is 0.396 e.